The molecule has 2 N–H and O–H groups in total. The molecule has 1 amide bonds. The van der Waals surface area contributed by atoms with Crippen LogP contribution in [0.2, 0.25) is 0 Å². The highest BCUT2D eigenvalue weighted by atomic mass is 16.2. The van der Waals surface area contributed by atoms with Crippen molar-refractivity contribution in [3.05, 3.63) is 11.4 Å². The predicted molar refractivity (Wildman–Crippen MR) is 82.8 cm³/mol. The summed E-state index contributed by atoms with van der Waals surface area (Å²) in [6.07, 6.45) is 7.57. The van der Waals surface area contributed by atoms with Gasteiger partial charge in [0.1, 0.15) is 6.54 Å². The first kappa shape index (κ1) is 14.4. The Labute approximate surface area is 126 Å². The van der Waals surface area contributed by atoms with Gasteiger partial charge < -0.3 is 10.6 Å². The summed E-state index contributed by atoms with van der Waals surface area (Å²) in [5.74, 6) is 0.928. The van der Waals surface area contributed by atoms with Crippen LogP contribution in [0.25, 0.3) is 0 Å². The van der Waals surface area contributed by atoms with Gasteiger partial charge in [-0.1, -0.05) is 12.8 Å². The molecule has 5 nitrogen and oxygen atoms in total. The molecule has 1 saturated carbocycles. The van der Waals surface area contributed by atoms with Gasteiger partial charge in [-0.15, -0.1) is 0 Å². The number of nitrogens with zero attached hydrogens (tertiary/aromatic N) is 3. The van der Waals surface area contributed by atoms with Crippen molar-refractivity contribution in [2.24, 2.45) is 5.92 Å². The number of hydrogen-bond acceptors (Lipinski definition) is 3. The van der Waals surface area contributed by atoms with E-state index < -0.39 is 0 Å². The number of rotatable bonds is 3. The lowest BCUT2D eigenvalue weighted by Crippen LogP contribution is -2.41. The van der Waals surface area contributed by atoms with E-state index >= 15 is 0 Å². The quantitative estimate of drug-likeness (QED) is 0.928. The summed E-state index contributed by atoms with van der Waals surface area (Å²) in [7, 11) is 0. The summed E-state index contributed by atoms with van der Waals surface area (Å²) in [4.78, 5) is 14.8. The van der Waals surface area contributed by atoms with Gasteiger partial charge in [-0.3, -0.25) is 9.48 Å². The van der Waals surface area contributed by atoms with Crippen molar-refractivity contribution < 1.29 is 4.79 Å². The molecule has 2 aliphatic rings. The fraction of sp³-hybridized carbons (Fsp3) is 0.750. The topological polar surface area (TPSA) is 64.2 Å². The Balaban J connectivity index is 1.70. The van der Waals surface area contributed by atoms with E-state index in [-0.39, 0.29) is 5.91 Å². The fourth-order valence-corrected chi connectivity index (χ4v) is 4.02. The van der Waals surface area contributed by atoms with E-state index in [4.69, 9.17) is 5.73 Å². The zero-order valence-electron chi connectivity index (χ0n) is 13.1. The van der Waals surface area contributed by atoms with E-state index in [1.807, 2.05) is 13.8 Å². The van der Waals surface area contributed by atoms with Gasteiger partial charge in [0, 0.05) is 12.6 Å². The molecule has 1 aromatic rings. The van der Waals surface area contributed by atoms with E-state index in [2.05, 4.69) is 10.00 Å². The van der Waals surface area contributed by atoms with Gasteiger partial charge in [-0.05, 0) is 45.4 Å². The van der Waals surface area contributed by atoms with Gasteiger partial charge in [0.15, 0.2) is 0 Å². The normalized spacial score (nSPS) is 23.1. The first-order valence-corrected chi connectivity index (χ1v) is 8.17. The first-order valence-electron chi connectivity index (χ1n) is 8.17. The average Bonchev–Trinajstić information content (AvgIpc) is 3.17. The molecule has 1 aliphatic carbocycles. The molecule has 1 aliphatic heterocycles. The van der Waals surface area contributed by atoms with Gasteiger partial charge in [-0.25, -0.2) is 0 Å². The number of likely N-dealkylation sites (tertiary alicyclic amines) is 1. The Kier molecular flexibility index (Phi) is 3.91. The van der Waals surface area contributed by atoms with Crippen molar-refractivity contribution in [3.8, 4) is 0 Å². The van der Waals surface area contributed by atoms with Crippen LogP contribution in [0.1, 0.15) is 49.9 Å². The van der Waals surface area contributed by atoms with Crippen molar-refractivity contribution >= 4 is 11.6 Å². The maximum Gasteiger partial charge on any atom is 0.244 e. The van der Waals surface area contributed by atoms with Crippen LogP contribution in [-0.4, -0.2) is 33.2 Å². The lowest BCUT2D eigenvalue weighted by Gasteiger charge is -2.29. The zero-order valence-corrected chi connectivity index (χ0v) is 13.1. The van der Waals surface area contributed by atoms with Crippen LogP contribution in [0.3, 0.4) is 0 Å². The lowest BCUT2D eigenvalue weighted by atomic mass is 9.96. The van der Waals surface area contributed by atoms with Gasteiger partial charge in [0.05, 0.1) is 17.1 Å². The summed E-state index contributed by atoms with van der Waals surface area (Å²) < 4.78 is 1.76. The summed E-state index contributed by atoms with van der Waals surface area (Å²) in [5.41, 5.74) is 8.37. The molecular formula is C16H26N4O. The first-order chi connectivity index (χ1) is 10.1. The molecule has 0 radical (unpaired) electrons. The Morgan fingerprint density at radius 2 is 1.95 bits per heavy atom. The summed E-state index contributed by atoms with van der Waals surface area (Å²) >= 11 is 0. The molecule has 1 unspecified atom stereocenters. The summed E-state index contributed by atoms with van der Waals surface area (Å²) in [6.45, 7) is 5.06. The second kappa shape index (κ2) is 5.70. The molecule has 3 rings (SSSR count). The van der Waals surface area contributed by atoms with Crippen LogP contribution in [0.5, 0.6) is 0 Å². The Morgan fingerprint density at radius 3 is 2.57 bits per heavy atom. The summed E-state index contributed by atoms with van der Waals surface area (Å²) in [6, 6.07) is 0.467. The third-order valence-electron chi connectivity index (χ3n) is 5.29. The number of aromatic nitrogens is 2. The van der Waals surface area contributed by atoms with Gasteiger partial charge in [0.2, 0.25) is 5.91 Å². The maximum absolute atomic E-state index is 12.7. The number of aryl methyl sites for hydroxylation is 1. The van der Waals surface area contributed by atoms with E-state index in [0.29, 0.717) is 18.3 Å². The molecule has 0 spiro atoms. The van der Waals surface area contributed by atoms with Gasteiger partial charge in [-0.2, -0.15) is 5.10 Å². The smallest absolute Gasteiger partial charge is 0.244 e. The van der Waals surface area contributed by atoms with E-state index in [0.717, 1.165) is 30.3 Å². The standard InChI is InChI=1S/C16H26N4O/c1-11-16(17)12(2)20(18-11)10-15(21)19-9-5-8-14(19)13-6-3-4-7-13/h13-14H,3-10,17H2,1-2H3. The minimum atomic E-state index is 0.204. The number of amides is 1. The average molecular weight is 290 g/mol. The summed E-state index contributed by atoms with van der Waals surface area (Å²) in [5, 5.41) is 4.39. The Morgan fingerprint density at radius 1 is 1.24 bits per heavy atom. The van der Waals surface area contributed by atoms with Crippen LogP contribution >= 0.6 is 0 Å². The molecule has 0 bridgehead atoms. The molecule has 5 heteroatoms. The van der Waals surface area contributed by atoms with Crippen molar-refractivity contribution in [3.63, 3.8) is 0 Å². The molecule has 1 atom stereocenters. The van der Waals surface area contributed by atoms with Crippen molar-refractivity contribution in [1.29, 1.82) is 0 Å². The SMILES string of the molecule is Cc1nn(CC(=O)N2CCCC2C2CCCC2)c(C)c1N. The predicted octanol–water partition coefficient (Wildman–Crippen LogP) is 2.26. The third-order valence-corrected chi connectivity index (χ3v) is 5.29. The highest BCUT2D eigenvalue weighted by Crippen LogP contribution is 2.35. The second-order valence-corrected chi connectivity index (χ2v) is 6.58. The van der Waals surface area contributed by atoms with Crippen LogP contribution in [-0.2, 0) is 11.3 Å². The molecule has 1 aromatic heterocycles. The third kappa shape index (κ3) is 2.65. The Bertz CT molecular complexity index is 531. The molecule has 2 fully saturated rings. The van der Waals surface area contributed by atoms with E-state index in [9.17, 15) is 4.79 Å². The minimum Gasteiger partial charge on any atom is -0.396 e. The van der Waals surface area contributed by atoms with E-state index in [1.54, 1.807) is 4.68 Å². The van der Waals surface area contributed by atoms with Gasteiger partial charge in [0.25, 0.3) is 0 Å². The van der Waals surface area contributed by atoms with Crippen LogP contribution < -0.4 is 5.73 Å². The Hall–Kier alpha value is -1.52. The molecule has 21 heavy (non-hydrogen) atoms. The largest absolute Gasteiger partial charge is 0.396 e. The maximum atomic E-state index is 12.7. The van der Waals surface area contributed by atoms with Crippen molar-refractivity contribution in [2.45, 2.75) is 65.0 Å². The second-order valence-electron chi connectivity index (χ2n) is 6.58. The monoisotopic (exact) mass is 290 g/mol. The molecule has 1 saturated heterocycles. The minimum absolute atomic E-state index is 0.204. The highest BCUT2D eigenvalue weighted by molar-refractivity contribution is 5.77. The molecule has 116 valence electrons. The molecule has 0 aromatic carbocycles. The van der Waals surface area contributed by atoms with Crippen molar-refractivity contribution in [2.75, 3.05) is 12.3 Å². The number of anilines is 1. The van der Waals surface area contributed by atoms with Gasteiger partial charge >= 0.3 is 0 Å². The number of nitrogen functional groups attached to an aromatic ring is 1. The van der Waals surface area contributed by atoms with Crippen molar-refractivity contribution in [1.82, 2.24) is 14.7 Å². The van der Waals surface area contributed by atoms with Crippen LogP contribution in [0.15, 0.2) is 0 Å². The highest BCUT2D eigenvalue weighted by Gasteiger charge is 2.35. The zero-order chi connectivity index (χ0) is 15.0. The van der Waals surface area contributed by atoms with E-state index in [1.165, 1.54) is 32.1 Å². The molecular weight excluding hydrogens is 264 g/mol. The fourth-order valence-electron chi connectivity index (χ4n) is 4.02. The number of carbonyl (C=O) groups is 1. The van der Waals surface area contributed by atoms with Crippen LogP contribution in [0.4, 0.5) is 5.69 Å². The number of nitrogens with two attached hydrogens (primary N) is 1. The number of hydrogen-bond donors (Lipinski definition) is 1. The number of carbonyl (C=O) groups excluding carboxylic acids is 1. The lowest BCUT2D eigenvalue weighted by molar-refractivity contribution is -0.133. The molecule has 2 heterocycles. The van der Waals surface area contributed by atoms with Crippen LogP contribution in [0, 0.1) is 19.8 Å².